The Bertz CT molecular complexity index is 954. The molecule has 178 valence electrons. The molecule has 3 aliphatic rings. The zero-order valence-corrected chi connectivity index (χ0v) is 19.2. The number of ether oxygens (including phenoxy) is 2. The maximum Gasteiger partial charge on any atom is 0.348 e. The number of urea groups is 1. The maximum atomic E-state index is 12.8. The van der Waals surface area contributed by atoms with Gasteiger partial charge >= 0.3 is 6.03 Å². The number of fused-ring (bicyclic) bond motifs is 1. The number of Topliss-reactive ketones (excluding diaryl/α,β-unsaturated/α-hetero) is 1. The number of unbranched alkanes of at least 4 members (excludes halogenated alkanes) is 3. The van der Waals surface area contributed by atoms with E-state index in [4.69, 9.17) is 9.47 Å². The Kier molecular flexibility index (Phi) is 7.26. The quantitative estimate of drug-likeness (QED) is 0.435. The number of aliphatic imine (C=N–C) groups is 1. The Morgan fingerprint density at radius 3 is 2.61 bits per heavy atom. The first-order valence-corrected chi connectivity index (χ1v) is 11.8. The fraction of sp³-hybridized carbons (Fsp3) is 0.560. The van der Waals surface area contributed by atoms with Gasteiger partial charge in [-0.1, -0.05) is 50.5 Å². The van der Waals surface area contributed by atoms with E-state index in [0.29, 0.717) is 18.0 Å². The number of allylic oxidation sites excluding steroid dienone is 1. The molecule has 8 heteroatoms. The van der Waals surface area contributed by atoms with E-state index in [1.807, 2.05) is 24.3 Å². The average molecular weight is 457 g/mol. The van der Waals surface area contributed by atoms with Crippen molar-refractivity contribution in [2.24, 2.45) is 10.9 Å². The highest BCUT2D eigenvalue weighted by Gasteiger charge is 2.46. The molecule has 3 aliphatic heterocycles. The number of benzene rings is 1. The van der Waals surface area contributed by atoms with Crippen molar-refractivity contribution in [3.63, 3.8) is 0 Å². The molecule has 0 spiro atoms. The predicted molar refractivity (Wildman–Crippen MR) is 123 cm³/mol. The lowest BCUT2D eigenvalue weighted by Gasteiger charge is -2.32. The Hall–Kier alpha value is -2.55. The Morgan fingerprint density at radius 2 is 1.97 bits per heavy atom. The highest BCUT2D eigenvalue weighted by Crippen LogP contribution is 2.41. The van der Waals surface area contributed by atoms with Crippen LogP contribution in [-0.4, -0.2) is 64.4 Å². The van der Waals surface area contributed by atoms with Crippen LogP contribution in [0.3, 0.4) is 0 Å². The number of amides is 2. The van der Waals surface area contributed by atoms with Crippen LogP contribution >= 0.6 is 0 Å². The Balaban J connectivity index is 1.62. The van der Waals surface area contributed by atoms with E-state index in [9.17, 15) is 19.8 Å². The molecule has 1 aromatic carbocycles. The van der Waals surface area contributed by atoms with Crippen molar-refractivity contribution >= 4 is 23.3 Å². The molecule has 33 heavy (non-hydrogen) atoms. The normalized spacial score (nSPS) is 27.0. The van der Waals surface area contributed by atoms with Crippen molar-refractivity contribution in [1.82, 2.24) is 4.90 Å². The first-order chi connectivity index (χ1) is 15.9. The third-order valence-corrected chi connectivity index (χ3v) is 6.60. The third-order valence-electron chi connectivity index (χ3n) is 6.60. The maximum absolute atomic E-state index is 12.8. The number of carbonyl (C=O) groups excluding carboxylic acids is 2. The second kappa shape index (κ2) is 10.2. The lowest BCUT2D eigenvalue weighted by molar-refractivity contribution is -0.0646. The van der Waals surface area contributed by atoms with Gasteiger partial charge in [-0.2, -0.15) is 4.99 Å². The number of rotatable bonds is 9. The molecule has 4 atom stereocenters. The van der Waals surface area contributed by atoms with Crippen molar-refractivity contribution in [3.05, 3.63) is 41.2 Å². The Labute approximate surface area is 193 Å². The molecule has 4 rings (SSSR count). The summed E-state index contributed by atoms with van der Waals surface area (Å²) in [5.41, 5.74) is 2.56. The van der Waals surface area contributed by atoms with Gasteiger partial charge in [-0.15, -0.1) is 0 Å². The van der Waals surface area contributed by atoms with Crippen LogP contribution in [0.5, 0.6) is 0 Å². The van der Waals surface area contributed by atoms with Gasteiger partial charge in [0.15, 0.2) is 5.78 Å². The summed E-state index contributed by atoms with van der Waals surface area (Å²) in [7, 11) is 0. The molecule has 1 saturated heterocycles. The molecule has 3 heterocycles. The van der Waals surface area contributed by atoms with Crippen molar-refractivity contribution in [1.29, 1.82) is 0 Å². The monoisotopic (exact) mass is 456 g/mol. The summed E-state index contributed by atoms with van der Waals surface area (Å²) in [6, 6.07) is 6.99. The topological polar surface area (TPSA) is 109 Å². The summed E-state index contributed by atoms with van der Waals surface area (Å²) >= 11 is 0. The van der Waals surface area contributed by atoms with Gasteiger partial charge in [0.25, 0.3) is 0 Å². The van der Waals surface area contributed by atoms with Gasteiger partial charge in [0, 0.05) is 30.5 Å². The number of carbonyl (C=O) groups is 2. The van der Waals surface area contributed by atoms with Gasteiger partial charge in [0.05, 0.1) is 18.6 Å². The molecule has 0 saturated carbocycles. The number of nitrogens with zero attached hydrogens (tertiary/aromatic N) is 2. The first kappa shape index (κ1) is 23.6. The van der Waals surface area contributed by atoms with E-state index >= 15 is 0 Å². The summed E-state index contributed by atoms with van der Waals surface area (Å²) < 4.78 is 11.8. The van der Waals surface area contributed by atoms with Gasteiger partial charge < -0.3 is 19.7 Å². The number of aliphatic hydroxyl groups is 2. The van der Waals surface area contributed by atoms with Crippen LogP contribution in [0.15, 0.2) is 35.0 Å². The molecule has 2 N–H and O–H groups in total. The van der Waals surface area contributed by atoms with E-state index in [1.54, 1.807) is 0 Å². The SMILES string of the molecule is CCCCCCC1=C(c2ccc(C(C)=O)cc2)C2CN([C@H]3C[C@H](O)[C@@H](CO)O3)C(=O)N=C2O1. The molecular formula is C25H32N2O6. The van der Waals surface area contributed by atoms with Crippen molar-refractivity contribution in [2.45, 2.75) is 70.8 Å². The smallest absolute Gasteiger partial charge is 0.348 e. The lowest BCUT2D eigenvalue weighted by Crippen LogP contribution is -2.47. The molecule has 0 aromatic heterocycles. The summed E-state index contributed by atoms with van der Waals surface area (Å²) in [5, 5.41) is 19.5. The highest BCUT2D eigenvalue weighted by molar-refractivity contribution is 6.05. The first-order valence-electron chi connectivity index (χ1n) is 11.8. The van der Waals surface area contributed by atoms with E-state index in [0.717, 1.165) is 49.0 Å². The van der Waals surface area contributed by atoms with Crippen molar-refractivity contribution in [2.75, 3.05) is 13.2 Å². The molecule has 1 unspecified atom stereocenters. The van der Waals surface area contributed by atoms with Crippen LogP contribution in [0.25, 0.3) is 5.57 Å². The second-order valence-corrected chi connectivity index (χ2v) is 8.94. The van der Waals surface area contributed by atoms with Crippen LogP contribution in [-0.2, 0) is 9.47 Å². The van der Waals surface area contributed by atoms with E-state index in [2.05, 4.69) is 11.9 Å². The number of aliphatic hydroxyl groups excluding tert-OH is 2. The van der Waals surface area contributed by atoms with Crippen LogP contribution in [0.2, 0.25) is 0 Å². The van der Waals surface area contributed by atoms with E-state index < -0.39 is 24.5 Å². The minimum atomic E-state index is -0.832. The molecule has 8 nitrogen and oxygen atoms in total. The van der Waals surface area contributed by atoms with E-state index in [-0.39, 0.29) is 24.7 Å². The fourth-order valence-corrected chi connectivity index (χ4v) is 4.73. The van der Waals surface area contributed by atoms with Gasteiger partial charge in [-0.05, 0) is 18.9 Å². The van der Waals surface area contributed by atoms with Crippen molar-refractivity contribution in [3.8, 4) is 0 Å². The second-order valence-electron chi connectivity index (χ2n) is 8.94. The summed E-state index contributed by atoms with van der Waals surface area (Å²) in [6.07, 6.45) is 3.15. The summed E-state index contributed by atoms with van der Waals surface area (Å²) in [4.78, 5) is 30.2. The average Bonchev–Trinajstić information content (AvgIpc) is 3.35. The third kappa shape index (κ3) is 4.88. The van der Waals surface area contributed by atoms with Crippen molar-refractivity contribution < 1.29 is 29.3 Å². The summed E-state index contributed by atoms with van der Waals surface area (Å²) in [5.74, 6) is 0.969. The van der Waals surface area contributed by atoms with E-state index in [1.165, 1.54) is 11.8 Å². The van der Waals surface area contributed by atoms with Gasteiger partial charge in [0.1, 0.15) is 18.1 Å². The van der Waals surface area contributed by atoms with Gasteiger partial charge in [0.2, 0.25) is 5.90 Å². The van der Waals surface area contributed by atoms with Gasteiger partial charge in [-0.25, -0.2) is 4.79 Å². The molecule has 0 bridgehead atoms. The van der Waals surface area contributed by atoms with Crippen LogP contribution in [0, 0.1) is 5.92 Å². The zero-order valence-electron chi connectivity index (χ0n) is 19.2. The largest absolute Gasteiger partial charge is 0.446 e. The minimum Gasteiger partial charge on any atom is -0.446 e. The molecular weight excluding hydrogens is 424 g/mol. The molecule has 2 amide bonds. The van der Waals surface area contributed by atoms with Crippen LogP contribution < -0.4 is 0 Å². The molecule has 0 radical (unpaired) electrons. The summed E-state index contributed by atoms with van der Waals surface area (Å²) in [6.45, 7) is 3.71. The molecule has 0 aliphatic carbocycles. The molecule has 1 aromatic rings. The number of hydrogen-bond donors (Lipinski definition) is 2. The zero-order chi connectivity index (χ0) is 23.5. The molecule has 1 fully saturated rings. The lowest BCUT2D eigenvalue weighted by atomic mass is 9.89. The standard InChI is InChI=1S/C25H32N2O6/c1-3-4-5-6-7-20-23(17-10-8-16(9-11-17)15(2)29)18-13-27(25(31)26-24(18)33-20)22-12-19(30)21(14-28)32-22/h8-11,18-19,21-22,28,30H,3-7,12-14H2,1-2H3/t18?,19-,21+,22+/m0/s1. The van der Waals surface area contributed by atoms with Gasteiger partial charge in [-0.3, -0.25) is 9.69 Å². The fourth-order valence-electron chi connectivity index (χ4n) is 4.73. The predicted octanol–water partition coefficient (Wildman–Crippen LogP) is 3.52. The number of hydrogen-bond acceptors (Lipinski definition) is 6. The highest BCUT2D eigenvalue weighted by atomic mass is 16.5. The minimum absolute atomic E-state index is 0.00468. The number of ketones is 1. The van der Waals surface area contributed by atoms with Crippen LogP contribution in [0.4, 0.5) is 4.79 Å². The van der Waals surface area contributed by atoms with Crippen LogP contribution in [0.1, 0.15) is 68.3 Å². The Morgan fingerprint density at radius 1 is 1.21 bits per heavy atom.